The number of nitrogens with zero attached hydrogens (tertiary/aromatic N) is 1. The number of imide groups is 1. The first-order chi connectivity index (χ1) is 13.0. The van der Waals surface area contributed by atoms with Crippen molar-refractivity contribution in [1.29, 1.82) is 0 Å². The Balaban J connectivity index is 1.83. The molecule has 2 amide bonds. The molecule has 1 heterocycles. The van der Waals surface area contributed by atoms with E-state index in [4.69, 9.17) is 9.47 Å². The lowest BCUT2D eigenvalue weighted by Crippen LogP contribution is -2.27. The maximum atomic E-state index is 12.7. The molecule has 7 heteroatoms. The van der Waals surface area contributed by atoms with Gasteiger partial charge in [-0.15, -0.1) is 0 Å². The van der Waals surface area contributed by atoms with E-state index in [1.807, 2.05) is 37.3 Å². The fourth-order valence-corrected chi connectivity index (χ4v) is 3.88. The minimum atomic E-state index is -0.298. The van der Waals surface area contributed by atoms with Crippen LogP contribution in [0.25, 0.3) is 6.08 Å². The summed E-state index contributed by atoms with van der Waals surface area (Å²) in [6.45, 7) is 2.66. The number of hydrogen-bond acceptors (Lipinski definition) is 5. The Labute approximate surface area is 170 Å². The zero-order chi connectivity index (χ0) is 19.4. The second kappa shape index (κ2) is 8.63. The van der Waals surface area contributed by atoms with Gasteiger partial charge in [-0.3, -0.25) is 14.5 Å². The number of ether oxygens (including phenoxy) is 2. The minimum absolute atomic E-state index is 0.232. The molecule has 1 aliphatic rings. The Morgan fingerprint density at radius 1 is 1.15 bits per heavy atom. The number of amides is 2. The normalized spacial score (nSPS) is 15.5. The summed E-state index contributed by atoms with van der Waals surface area (Å²) in [5, 5.41) is -0.278. The van der Waals surface area contributed by atoms with E-state index in [0.717, 1.165) is 27.4 Å². The molecule has 2 aromatic carbocycles. The van der Waals surface area contributed by atoms with Gasteiger partial charge in [0.2, 0.25) is 0 Å². The van der Waals surface area contributed by atoms with E-state index in [1.54, 1.807) is 25.3 Å². The van der Waals surface area contributed by atoms with Crippen LogP contribution in [0.5, 0.6) is 11.5 Å². The maximum Gasteiger partial charge on any atom is 0.293 e. The summed E-state index contributed by atoms with van der Waals surface area (Å²) in [5.41, 5.74) is 1.64. The van der Waals surface area contributed by atoms with Crippen LogP contribution >= 0.6 is 27.7 Å². The van der Waals surface area contributed by atoms with Gasteiger partial charge in [-0.05, 0) is 54.1 Å². The van der Waals surface area contributed by atoms with Crippen molar-refractivity contribution in [2.75, 3.05) is 13.7 Å². The lowest BCUT2D eigenvalue weighted by Gasteiger charge is -2.13. The zero-order valence-electron chi connectivity index (χ0n) is 14.9. The summed E-state index contributed by atoms with van der Waals surface area (Å²) in [6.07, 6.45) is 1.70. The smallest absolute Gasteiger partial charge is 0.293 e. The fraction of sp³-hybridized carbons (Fsp3) is 0.200. The molecule has 0 atom stereocenters. The molecule has 0 radical (unpaired) electrons. The largest absolute Gasteiger partial charge is 0.493 e. The van der Waals surface area contributed by atoms with Gasteiger partial charge in [0.15, 0.2) is 11.5 Å². The molecule has 0 unspecified atom stereocenters. The highest BCUT2D eigenvalue weighted by Crippen LogP contribution is 2.35. The standard InChI is InChI=1S/C20H18BrNO4S/c1-3-26-16-9-8-13(10-17(16)25-2)11-18-19(23)22(20(24)27-18)12-14-6-4-5-7-15(14)21/h4-11H,3,12H2,1-2H3/b18-11-. The van der Waals surface area contributed by atoms with Crippen LogP contribution in [0.2, 0.25) is 0 Å². The zero-order valence-corrected chi connectivity index (χ0v) is 17.3. The average Bonchev–Trinajstić information content (AvgIpc) is 2.92. The average molecular weight is 448 g/mol. The van der Waals surface area contributed by atoms with Crippen molar-refractivity contribution >= 4 is 44.9 Å². The van der Waals surface area contributed by atoms with Crippen molar-refractivity contribution in [2.45, 2.75) is 13.5 Å². The number of benzene rings is 2. The number of carbonyl (C=O) groups is 2. The molecule has 0 bridgehead atoms. The maximum absolute atomic E-state index is 12.7. The third-order valence-corrected chi connectivity index (χ3v) is 5.63. The van der Waals surface area contributed by atoms with Crippen LogP contribution in [0.15, 0.2) is 51.8 Å². The predicted octanol–water partition coefficient (Wildman–Crippen LogP) is 5.09. The summed E-state index contributed by atoms with van der Waals surface area (Å²) in [7, 11) is 1.56. The quantitative estimate of drug-likeness (QED) is 0.576. The highest BCUT2D eigenvalue weighted by Gasteiger charge is 2.35. The predicted molar refractivity (Wildman–Crippen MR) is 110 cm³/mol. The van der Waals surface area contributed by atoms with Crippen LogP contribution in [0, 0.1) is 0 Å². The van der Waals surface area contributed by atoms with E-state index >= 15 is 0 Å². The summed E-state index contributed by atoms with van der Waals surface area (Å²) in [5.74, 6) is 0.922. The summed E-state index contributed by atoms with van der Waals surface area (Å²) in [4.78, 5) is 26.7. The van der Waals surface area contributed by atoms with E-state index in [9.17, 15) is 9.59 Å². The van der Waals surface area contributed by atoms with Crippen LogP contribution in [-0.4, -0.2) is 29.8 Å². The molecule has 5 nitrogen and oxygen atoms in total. The van der Waals surface area contributed by atoms with Gasteiger partial charge < -0.3 is 9.47 Å². The van der Waals surface area contributed by atoms with Gasteiger partial charge in [0.1, 0.15) is 0 Å². The van der Waals surface area contributed by atoms with Crippen LogP contribution in [-0.2, 0) is 11.3 Å². The van der Waals surface area contributed by atoms with E-state index in [-0.39, 0.29) is 17.7 Å². The van der Waals surface area contributed by atoms with Crippen molar-refractivity contribution in [3.05, 3.63) is 63.0 Å². The topological polar surface area (TPSA) is 55.8 Å². The van der Waals surface area contributed by atoms with Gasteiger partial charge in [0.25, 0.3) is 11.1 Å². The van der Waals surface area contributed by atoms with Gasteiger partial charge in [-0.25, -0.2) is 0 Å². The summed E-state index contributed by atoms with van der Waals surface area (Å²) in [6, 6.07) is 12.9. The van der Waals surface area contributed by atoms with Crippen molar-refractivity contribution in [1.82, 2.24) is 4.90 Å². The van der Waals surface area contributed by atoms with Crippen LogP contribution in [0.1, 0.15) is 18.1 Å². The van der Waals surface area contributed by atoms with Crippen LogP contribution in [0.3, 0.4) is 0 Å². The Hall–Kier alpha value is -2.25. The number of rotatable bonds is 6. The third kappa shape index (κ3) is 4.36. The molecule has 1 saturated heterocycles. The molecular formula is C20H18BrNO4S. The lowest BCUT2D eigenvalue weighted by molar-refractivity contribution is -0.123. The van der Waals surface area contributed by atoms with E-state index < -0.39 is 0 Å². The molecule has 140 valence electrons. The molecule has 0 N–H and O–H groups in total. The monoisotopic (exact) mass is 447 g/mol. The number of thioether (sulfide) groups is 1. The van der Waals surface area contributed by atoms with Gasteiger partial charge in [0, 0.05) is 4.47 Å². The molecule has 0 saturated carbocycles. The Kier molecular flexibility index (Phi) is 6.23. The van der Waals surface area contributed by atoms with Crippen molar-refractivity contribution in [3.63, 3.8) is 0 Å². The molecule has 0 aliphatic carbocycles. The summed E-state index contributed by atoms with van der Waals surface area (Å²) < 4.78 is 11.7. The van der Waals surface area contributed by atoms with Crippen LogP contribution in [0.4, 0.5) is 4.79 Å². The first-order valence-corrected chi connectivity index (χ1v) is 9.94. The lowest BCUT2D eigenvalue weighted by atomic mass is 10.1. The SMILES string of the molecule is CCOc1ccc(/C=C2\SC(=O)N(Cc3ccccc3Br)C2=O)cc1OC. The Bertz CT molecular complexity index is 913. The molecule has 0 spiro atoms. The number of methoxy groups -OCH3 is 1. The number of hydrogen-bond donors (Lipinski definition) is 0. The Morgan fingerprint density at radius 3 is 2.63 bits per heavy atom. The van der Waals surface area contributed by atoms with E-state index in [2.05, 4.69) is 15.9 Å². The second-order valence-electron chi connectivity index (χ2n) is 5.70. The van der Waals surface area contributed by atoms with Crippen molar-refractivity contribution in [3.8, 4) is 11.5 Å². The molecule has 1 fully saturated rings. The molecule has 0 aromatic heterocycles. The van der Waals surface area contributed by atoms with Gasteiger partial charge in [-0.1, -0.05) is 40.2 Å². The van der Waals surface area contributed by atoms with E-state index in [1.165, 1.54) is 4.90 Å². The van der Waals surface area contributed by atoms with Crippen molar-refractivity contribution in [2.24, 2.45) is 0 Å². The van der Waals surface area contributed by atoms with Crippen LogP contribution < -0.4 is 9.47 Å². The fourth-order valence-electron chi connectivity index (χ4n) is 2.63. The van der Waals surface area contributed by atoms with Gasteiger partial charge in [0.05, 0.1) is 25.2 Å². The number of halogens is 1. The molecular weight excluding hydrogens is 430 g/mol. The molecule has 2 aromatic rings. The Morgan fingerprint density at radius 2 is 1.93 bits per heavy atom. The van der Waals surface area contributed by atoms with Gasteiger partial charge in [-0.2, -0.15) is 0 Å². The van der Waals surface area contributed by atoms with Gasteiger partial charge >= 0.3 is 0 Å². The first-order valence-electron chi connectivity index (χ1n) is 8.33. The molecule has 3 rings (SSSR count). The highest BCUT2D eigenvalue weighted by atomic mass is 79.9. The van der Waals surface area contributed by atoms with E-state index in [0.29, 0.717) is 23.0 Å². The minimum Gasteiger partial charge on any atom is -0.493 e. The second-order valence-corrected chi connectivity index (χ2v) is 7.55. The highest BCUT2D eigenvalue weighted by molar-refractivity contribution is 9.10. The number of carbonyl (C=O) groups excluding carboxylic acids is 2. The summed E-state index contributed by atoms with van der Waals surface area (Å²) >= 11 is 4.39. The molecule has 27 heavy (non-hydrogen) atoms. The molecule has 1 aliphatic heterocycles. The van der Waals surface area contributed by atoms with Crippen molar-refractivity contribution < 1.29 is 19.1 Å². The third-order valence-electron chi connectivity index (χ3n) is 3.95. The first kappa shape index (κ1) is 19.5.